The number of carbonyl (C=O) groups excluding carboxylic acids is 1. The van der Waals surface area contributed by atoms with Crippen LogP contribution in [0.15, 0.2) is 6.20 Å². The minimum Gasteiger partial charge on any atom is -0.394 e. The molecule has 25 heavy (non-hydrogen) atoms. The molecule has 0 spiro atoms. The Kier molecular flexibility index (Phi) is 6.42. The summed E-state index contributed by atoms with van der Waals surface area (Å²) < 4.78 is 7.90. The van der Waals surface area contributed by atoms with E-state index in [9.17, 15) is 9.90 Å². The number of aliphatic hydroxyl groups is 1. The zero-order valence-corrected chi connectivity index (χ0v) is 15.1. The van der Waals surface area contributed by atoms with Crippen molar-refractivity contribution in [3.8, 4) is 0 Å². The molecule has 7 nitrogen and oxygen atoms in total. The molecule has 2 fully saturated rings. The largest absolute Gasteiger partial charge is 0.394 e. The molecule has 1 aromatic rings. The molecule has 140 valence electrons. The van der Waals surface area contributed by atoms with E-state index in [-0.39, 0.29) is 36.7 Å². The maximum atomic E-state index is 12.1. The maximum Gasteiger partial charge on any atom is 0.223 e. The van der Waals surface area contributed by atoms with Crippen LogP contribution < -0.4 is 5.32 Å². The van der Waals surface area contributed by atoms with E-state index >= 15 is 0 Å². The number of hydrogen-bond donors (Lipinski definition) is 2. The third-order valence-electron chi connectivity index (χ3n) is 5.37. The van der Waals surface area contributed by atoms with Crippen LogP contribution in [-0.2, 0) is 22.5 Å². The van der Waals surface area contributed by atoms with E-state index in [0.29, 0.717) is 0 Å². The molecule has 2 N–H and O–H groups in total. The lowest BCUT2D eigenvalue weighted by Gasteiger charge is -2.37. The highest BCUT2D eigenvalue weighted by Crippen LogP contribution is 2.28. The molecule has 3 rings (SSSR count). The Morgan fingerprint density at radius 2 is 2.24 bits per heavy atom. The summed E-state index contributed by atoms with van der Waals surface area (Å²) in [4.78, 5) is 12.1. The predicted octanol–water partition coefficient (Wildman–Crippen LogP) is 1.45. The lowest BCUT2D eigenvalue weighted by Crippen LogP contribution is -2.52. The smallest absolute Gasteiger partial charge is 0.223 e. The van der Waals surface area contributed by atoms with Crippen LogP contribution in [0.5, 0.6) is 0 Å². The van der Waals surface area contributed by atoms with Gasteiger partial charge in [-0.05, 0) is 38.5 Å². The number of nitrogens with one attached hydrogen (secondary N) is 1. The standard InChI is InChI=1S/C18H30N4O3/c1-2-4-14-11-22(21-20-14)10-9-15-7-8-16(17(12-23)25-15)19-18(24)13-5-3-6-13/h11,13,15-17,23H,2-10,12H2,1H3,(H,19,24)/t15-,16+,17+/m1/s1. The third kappa shape index (κ3) is 4.79. The molecule has 2 heterocycles. The second kappa shape index (κ2) is 8.76. The van der Waals surface area contributed by atoms with Crippen molar-refractivity contribution in [1.29, 1.82) is 0 Å². The van der Waals surface area contributed by atoms with Gasteiger partial charge in [0.1, 0.15) is 6.10 Å². The van der Waals surface area contributed by atoms with Gasteiger partial charge in [-0.1, -0.05) is 25.0 Å². The van der Waals surface area contributed by atoms with Crippen LogP contribution in [0.1, 0.15) is 57.6 Å². The Hall–Kier alpha value is -1.47. The van der Waals surface area contributed by atoms with Gasteiger partial charge in [-0.25, -0.2) is 0 Å². The number of carbonyl (C=O) groups is 1. The SMILES string of the molecule is CCCc1cn(CC[C@H]2CC[C@H](NC(=O)C3CCC3)[C@H](CO)O2)nn1. The fraction of sp³-hybridized carbons (Fsp3) is 0.833. The van der Waals surface area contributed by atoms with E-state index in [0.717, 1.165) is 63.6 Å². The number of amides is 1. The summed E-state index contributed by atoms with van der Waals surface area (Å²) >= 11 is 0. The normalized spacial score (nSPS) is 27.0. The highest BCUT2D eigenvalue weighted by Gasteiger charge is 2.34. The molecule has 1 amide bonds. The molecule has 1 saturated heterocycles. The zero-order valence-electron chi connectivity index (χ0n) is 15.1. The van der Waals surface area contributed by atoms with Crippen molar-refractivity contribution in [2.45, 2.75) is 83.1 Å². The first-order valence-electron chi connectivity index (χ1n) is 9.65. The lowest BCUT2D eigenvalue weighted by molar-refractivity contribution is -0.134. The van der Waals surface area contributed by atoms with E-state index in [1.807, 2.05) is 10.9 Å². The minimum absolute atomic E-state index is 0.0594. The third-order valence-corrected chi connectivity index (χ3v) is 5.37. The Bertz CT molecular complexity index is 558. The molecule has 1 saturated carbocycles. The lowest BCUT2D eigenvalue weighted by atomic mass is 9.84. The van der Waals surface area contributed by atoms with Gasteiger partial charge in [0.05, 0.1) is 24.4 Å². The van der Waals surface area contributed by atoms with Gasteiger partial charge in [0, 0.05) is 18.7 Å². The van der Waals surface area contributed by atoms with Gasteiger partial charge < -0.3 is 15.2 Å². The first-order valence-corrected chi connectivity index (χ1v) is 9.65. The van der Waals surface area contributed by atoms with Crippen LogP contribution in [0.3, 0.4) is 0 Å². The average Bonchev–Trinajstić information content (AvgIpc) is 3.00. The molecule has 0 unspecified atom stereocenters. The van der Waals surface area contributed by atoms with E-state index in [1.54, 1.807) is 0 Å². The summed E-state index contributed by atoms with van der Waals surface area (Å²) in [6.45, 7) is 2.83. The molecule has 0 radical (unpaired) electrons. The number of nitrogens with zero attached hydrogens (tertiary/aromatic N) is 3. The number of aliphatic hydroxyl groups excluding tert-OH is 1. The molecule has 0 bridgehead atoms. The molecule has 2 aliphatic rings. The number of hydrogen-bond acceptors (Lipinski definition) is 5. The summed E-state index contributed by atoms with van der Waals surface area (Å²) in [5, 5.41) is 21.0. The number of aromatic nitrogens is 3. The second-order valence-corrected chi connectivity index (χ2v) is 7.31. The number of aryl methyl sites for hydroxylation is 2. The Morgan fingerprint density at radius 3 is 2.92 bits per heavy atom. The fourth-order valence-corrected chi connectivity index (χ4v) is 3.57. The van der Waals surface area contributed by atoms with Crippen LogP contribution in [0.4, 0.5) is 0 Å². The molecule has 1 aromatic heterocycles. The highest BCUT2D eigenvalue weighted by atomic mass is 16.5. The first kappa shape index (κ1) is 18.3. The summed E-state index contributed by atoms with van der Waals surface area (Å²) in [5.74, 6) is 0.296. The Balaban J connectivity index is 1.44. The van der Waals surface area contributed by atoms with Gasteiger partial charge in [0.25, 0.3) is 0 Å². The Morgan fingerprint density at radius 1 is 1.40 bits per heavy atom. The van der Waals surface area contributed by atoms with Gasteiger partial charge in [-0.2, -0.15) is 0 Å². The summed E-state index contributed by atoms with van der Waals surface area (Å²) in [5.41, 5.74) is 1.03. The second-order valence-electron chi connectivity index (χ2n) is 7.31. The zero-order chi connectivity index (χ0) is 17.6. The van der Waals surface area contributed by atoms with Crippen LogP contribution in [0, 0.1) is 5.92 Å². The molecule has 1 aliphatic heterocycles. The van der Waals surface area contributed by atoms with Crippen molar-refractivity contribution < 1.29 is 14.6 Å². The molecule has 3 atom stereocenters. The van der Waals surface area contributed by atoms with Crippen LogP contribution in [-0.4, -0.2) is 50.9 Å². The summed E-state index contributed by atoms with van der Waals surface area (Å²) in [7, 11) is 0. The number of ether oxygens (including phenoxy) is 1. The maximum absolute atomic E-state index is 12.1. The van der Waals surface area contributed by atoms with E-state index in [4.69, 9.17) is 4.74 Å². The number of rotatable bonds is 8. The Labute approximate surface area is 149 Å². The predicted molar refractivity (Wildman–Crippen MR) is 92.9 cm³/mol. The van der Waals surface area contributed by atoms with E-state index < -0.39 is 0 Å². The first-order chi connectivity index (χ1) is 12.2. The van der Waals surface area contributed by atoms with Crippen LogP contribution >= 0.6 is 0 Å². The summed E-state index contributed by atoms with van der Waals surface area (Å²) in [6, 6.07) is -0.0723. The van der Waals surface area contributed by atoms with Crippen LogP contribution in [0.25, 0.3) is 0 Å². The molecule has 1 aliphatic carbocycles. The van der Waals surface area contributed by atoms with Gasteiger partial charge in [-0.3, -0.25) is 9.48 Å². The molecule has 7 heteroatoms. The fourth-order valence-electron chi connectivity index (χ4n) is 3.57. The topological polar surface area (TPSA) is 89.3 Å². The molecule has 0 aromatic carbocycles. The van der Waals surface area contributed by atoms with Crippen molar-refractivity contribution in [2.24, 2.45) is 5.92 Å². The monoisotopic (exact) mass is 350 g/mol. The van der Waals surface area contributed by atoms with Crippen LogP contribution in [0.2, 0.25) is 0 Å². The van der Waals surface area contributed by atoms with Gasteiger partial charge in [0.15, 0.2) is 0 Å². The molecular formula is C18H30N4O3. The minimum atomic E-state index is -0.311. The van der Waals surface area contributed by atoms with Crippen molar-refractivity contribution in [1.82, 2.24) is 20.3 Å². The highest BCUT2D eigenvalue weighted by molar-refractivity contribution is 5.79. The average molecular weight is 350 g/mol. The van der Waals surface area contributed by atoms with Crippen molar-refractivity contribution in [3.63, 3.8) is 0 Å². The molecular weight excluding hydrogens is 320 g/mol. The quantitative estimate of drug-likeness (QED) is 0.741. The summed E-state index contributed by atoms with van der Waals surface area (Å²) in [6.07, 6.45) is 9.51. The van der Waals surface area contributed by atoms with Gasteiger partial charge in [-0.15, -0.1) is 5.10 Å². The van der Waals surface area contributed by atoms with Crippen molar-refractivity contribution >= 4 is 5.91 Å². The van der Waals surface area contributed by atoms with Crippen molar-refractivity contribution in [3.05, 3.63) is 11.9 Å². The van der Waals surface area contributed by atoms with Gasteiger partial charge >= 0.3 is 0 Å². The van der Waals surface area contributed by atoms with E-state index in [1.165, 1.54) is 0 Å². The van der Waals surface area contributed by atoms with E-state index in [2.05, 4.69) is 22.6 Å². The van der Waals surface area contributed by atoms with Gasteiger partial charge in [0.2, 0.25) is 5.91 Å². The van der Waals surface area contributed by atoms with Crippen molar-refractivity contribution in [2.75, 3.05) is 6.61 Å².